The zero-order valence-electron chi connectivity index (χ0n) is 55.5. The lowest BCUT2D eigenvalue weighted by Crippen LogP contribution is -2.47. The zero-order valence-corrected chi connectivity index (χ0v) is 61.0. The summed E-state index contributed by atoms with van der Waals surface area (Å²) in [6, 6.07) is 62.2. The highest BCUT2D eigenvalue weighted by Crippen LogP contribution is 2.55. The van der Waals surface area contributed by atoms with Crippen molar-refractivity contribution in [3.63, 3.8) is 0 Å². The Balaban J connectivity index is 0. The predicted octanol–water partition coefficient (Wildman–Crippen LogP) is 25.5. The first-order valence-corrected chi connectivity index (χ1v) is 45.5. The van der Waals surface area contributed by atoms with Gasteiger partial charge in [0.1, 0.15) is 0 Å². The predicted molar refractivity (Wildman–Crippen MR) is 438 cm³/mol. The van der Waals surface area contributed by atoms with Crippen LogP contribution >= 0.6 is 22.2 Å². The van der Waals surface area contributed by atoms with Gasteiger partial charge in [-0.1, -0.05) is 352 Å². The van der Waals surface area contributed by atoms with Crippen LogP contribution in [0.4, 0.5) is 0 Å². The molecule has 6 N–H and O–H groups in total. The molecule has 0 bridgehead atoms. The average molecular weight is 1370 g/mol. The largest absolute Gasteiger partial charge is 0.412 e. The Bertz CT molecular complexity index is 3370. The van der Waals surface area contributed by atoms with Crippen LogP contribution in [-0.4, -0.2) is 47.3 Å². The van der Waals surface area contributed by atoms with Gasteiger partial charge in [-0.2, -0.15) is 46.4 Å². The van der Waals surface area contributed by atoms with Gasteiger partial charge in [-0.3, -0.25) is 0 Å². The van der Waals surface area contributed by atoms with Crippen molar-refractivity contribution in [3.05, 3.63) is 249 Å². The smallest absolute Gasteiger partial charge is 0.165 e. The van der Waals surface area contributed by atoms with Crippen LogP contribution in [0.2, 0.25) is 57.4 Å². The van der Waals surface area contributed by atoms with Crippen LogP contribution in [0.1, 0.15) is 204 Å². The van der Waals surface area contributed by atoms with Crippen LogP contribution in [0.3, 0.4) is 0 Å². The van der Waals surface area contributed by atoms with Gasteiger partial charge in [0, 0.05) is 24.7 Å². The second kappa shape index (κ2) is 36.9. The summed E-state index contributed by atoms with van der Waals surface area (Å²) < 4.78 is 0. The first kappa shape index (κ1) is 90.0. The molecule has 7 unspecified atom stereocenters. The Morgan fingerprint density at radius 2 is 0.839 bits per heavy atom. The molecule has 5 aromatic carbocycles. The van der Waals surface area contributed by atoms with Crippen molar-refractivity contribution in [1.82, 2.24) is 0 Å². The van der Waals surface area contributed by atoms with Crippen molar-refractivity contribution in [2.45, 2.75) is 212 Å². The van der Waals surface area contributed by atoms with E-state index in [0.717, 1.165) is 24.9 Å². The molecule has 7 aliphatic carbocycles. The van der Waals surface area contributed by atoms with Gasteiger partial charge >= 0.3 is 0 Å². The number of allylic oxidation sites excluding steroid dienone is 5. The summed E-state index contributed by atoms with van der Waals surface area (Å²) in [6.45, 7) is 37.9. The van der Waals surface area contributed by atoms with Crippen LogP contribution in [0.5, 0.6) is 0 Å². The van der Waals surface area contributed by atoms with E-state index in [1.807, 2.05) is 0 Å². The Morgan fingerprint density at radius 1 is 0.452 bits per heavy atom. The van der Waals surface area contributed by atoms with Crippen LogP contribution < -0.4 is 0 Å². The molecular formula is C84H129Cl2O3Si4-. The topological polar surface area (TPSA) is 94.5 Å². The summed E-state index contributed by atoms with van der Waals surface area (Å²) in [4.78, 5) is 0. The molecule has 7 aliphatic rings. The van der Waals surface area contributed by atoms with Crippen LogP contribution in [0.25, 0.3) is 41.5 Å². The third kappa shape index (κ3) is 23.6. The first-order valence-electron chi connectivity index (χ1n) is 31.3. The minimum absolute atomic E-state index is 0. The fourth-order valence-electron chi connectivity index (χ4n) is 14.8. The molecule has 0 aliphatic heterocycles. The van der Waals surface area contributed by atoms with Gasteiger partial charge < -0.3 is 16.4 Å². The molecule has 0 radical (unpaired) electrons. The summed E-state index contributed by atoms with van der Waals surface area (Å²) in [5, 5.41) is 0. The molecule has 93 heavy (non-hydrogen) atoms. The van der Waals surface area contributed by atoms with E-state index in [4.69, 9.17) is 22.2 Å². The maximum atomic E-state index is 6.94. The van der Waals surface area contributed by atoms with Gasteiger partial charge in [-0.05, 0) is 108 Å². The molecule has 0 heterocycles. The molecule has 7 atom stereocenters. The van der Waals surface area contributed by atoms with Gasteiger partial charge in [-0.15, -0.1) is 17.2 Å². The quantitative estimate of drug-likeness (QED) is 0.0741. The average Bonchev–Trinajstić information content (AvgIpc) is 1.66. The van der Waals surface area contributed by atoms with E-state index in [0.29, 0.717) is 38.4 Å². The maximum Gasteiger partial charge on any atom is 0.165 e. The SMILES string of the molecule is C.C.C.C.C.C.C1=Cc2ccccc2C1.CC(C)(C)C[Si](C)(Cl)C1C=Cc2ccccc21.CC(C)(C)C[Si](C)(Cl)C1C=Cc2ccccc21.CCC1=Cc2ccccc2C1[Si](C)(CC(C)(C)C)C1C=Cc2ccccc21.C[Si](C)(C)Cc1cc2cc[cH-]cc-2c1.O.O.O. The minimum atomic E-state index is -1.77. The molecule has 12 rings (SSSR count). The van der Waals surface area contributed by atoms with Crippen molar-refractivity contribution in [3.8, 4) is 11.1 Å². The summed E-state index contributed by atoms with van der Waals surface area (Å²) in [6.07, 6.45) is 23.2. The second-order valence-corrected chi connectivity index (χ2v) is 52.6. The first-order chi connectivity index (χ1) is 39.4. The fourth-order valence-corrected chi connectivity index (χ4v) is 33.9. The van der Waals surface area contributed by atoms with E-state index in [9.17, 15) is 0 Å². The number of hydrogen-bond donors (Lipinski definition) is 0. The zero-order chi connectivity index (χ0) is 60.9. The number of hydrogen-bond acceptors (Lipinski definition) is 0. The summed E-state index contributed by atoms with van der Waals surface area (Å²) in [5.74, 6) is 0. The van der Waals surface area contributed by atoms with Crippen molar-refractivity contribution in [2.75, 3.05) is 0 Å². The highest BCUT2D eigenvalue weighted by atomic mass is 35.6. The molecule has 514 valence electrons. The number of halogens is 2. The van der Waals surface area contributed by atoms with Crippen molar-refractivity contribution >= 4 is 83.5 Å². The minimum Gasteiger partial charge on any atom is -0.412 e. The fraction of sp³-hybridized carbons (Fsp3) is 0.417. The van der Waals surface area contributed by atoms with Gasteiger partial charge in [0.05, 0.1) is 8.07 Å². The van der Waals surface area contributed by atoms with E-state index < -0.39 is 30.9 Å². The van der Waals surface area contributed by atoms with E-state index in [-0.39, 0.29) is 61.0 Å². The van der Waals surface area contributed by atoms with Crippen molar-refractivity contribution in [2.24, 2.45) is 16.2 Å². The molecule has 0 amide bonds. The normalized spacial score (nSPS) is 18.0. The number of fused-ring (bicyclic) bond motifs is 6. The molecular weight excluding hydrogens is 1240 g/mol. The van der Waals surface area contributed by atoms with Crippen molar-refractivity contribution in [1.29, 1.82) is 0 Å². The summed E-state index contributed by atoms with van der Waals surface area (Å²) in [7, 11) is -6.26. The molecule has 0 spiro atoms. The molecule has 9 heteroatoms. The van der Waals surface area contributed by atoms with Gasteiger partial charge in [-0.25, -0.2) is 0 Å². The lowest BCUT2D eigenvalue weighted by atomic mass is 10.0. The van der Waals surface area contributed by atoms with Crippen LogP contribution in [0.15, 0.2) is 188 Å². The maximum absolute atomic E-state index is 6.94. The van der Waals surface area contributed by atoms with E-state index in [1.54, 1.807) is 16.7 Å². The van der Waals surface area contributed by atoms with E-state index >= 15 is 0 Å². The van der Waals surface area contributed by atoms with E-state index in [2.05, 4.69) is 321 Å². The monoisotopic (exact) mass is 1370 g/mol. The van der Waals surface area contributed by atoms with E-state index in [1.165, 1.54) is 73.3 Å². The number of benzene rings is 6. The molecule has 0 saturated carbocycles. The Labute approximate surface area is 584 Å². The lowest BCUT2D eigenvalue weighted by Gasteiger charge is -2.44. The van der Waals surface area contributed by atoms with Gasteiger partial charge in [0.15, 0.2) is 14.8 Å². The van der Waals surface area contributed by atoms with Gasteiger partial charge in [0.25, 0.3) is 0 Å². The molecule has 3 nitrogen and oxygen atoms in total. The van der Waals surface area contributed by atoms with Crippen molar-refractivity contribution < 1.29 is 16.4 Å². The Morgan fingerprint density at radius 3 is 1.26 bits per heavy atom. The molecule has 0 saturated heterocycles. The second-order valence-electron chi connectivity index (χ2n) is 30.3. The lowest BCUT2D eigenvalue weighted by molar-refractivity contribution is 0.456. The Hall–Kier alpha value is -5.04. The molecule has 0 aromatic heterocycles. The van der Waals surface area contributed by atoms with Gasteiger partial charge in [0.2, 0.25) is 0 Å². The number of rotatable bonds is 10. The Kier molecular flexibility index (Phi) is 35.7. The summed E-state index contributed by atoms with van der Waals surface area (Å²) >= 11 is 13.9. The highest BCUT2D eigenvalue weighted by Gasteiger charge is 2.50. The third-order valence-corrected chi connectivity index (χ3v) is 33.8. The van der Waals surface area contributed by atoms with Crippen LogP contribution in [-0.2, 0) is 12.5 Å². The highest BCUT2D eigenvalue weighted by molar-refractivity contribution is 7.21. The summed E-state index contributed by atoms with van der Waals surface area (Å²) in [5.41, 5.74) is 23.5. The molecule has 5 aromatic rings. The molecule has 0 fully saturated rings. The standard InChI is InChI=1S/C26H32Si.2C15H21ClSi.C13H17Si.C9H8.6CH4.3H2O/c1-6-19-17-21-12-8-10-14-23(21)25(19)27(5,18-26(2,3)4)24-16-15-20-11-7-9-13-22(20)24;2*1-15(2,3)11-17(4,16)14-10-9-12-7-5-6-8-13(12)14;1-14(2,3)10-11-8-12-6-4-5-7-13(12)9-11;1-2-5-9-7-3-6-8(9)4-1;;;;;;;;;/h7-17,24-25H,6,18H2,1-5H3;2*5-10,14H,11H2,1-4H3;4-9H,10H2,1-3H3;1-6H,7H2;6*1H4;3*1H2/q;;;-1;;;;;;;;;;. The van der Waals surface area contributed by atoms with Crippen LogP contribution in [0, 0.1) is 16.2 Å². The third-order valence-electron chi connectivity index (χ3n) is 17.3.